The van der Waals surface area contributed by atoms with Gasteiger partial charge < -0.3 is 5.32 Å². The number of carbonyl (C=O) groups excluding carboxylic acids is 1. The number of carbonyl (C=O) groups is 1. The lowest BCUT2D eigenvalue weighted by molar-refractivity contribution is -0.126. The number of nitrogens with zero attached hydrogens (tertiary/aromatic N) is 2. The molecule has 1 aromatic heterocycles. The van der Waals surface area contributed by atoms with Crippen LogP contribution in [0.5, 0.6) is 0 Å². The van der Waals surface area contributed by atoms with Gasteiger partial charge in [0.25, 0.3) is 0 Å². The highest BCUT2D eigenvalue weighted by Gasteiger charge is 2.36. The first-order chi connectivity index (χ1) is 8.05. The highest BCUT2D eigenvalue weighted by Crippen LogP contribution is 2.27. The van der Waals surface area contributed by atoms with Gasteiger partial charge in [-0.05, 0) is 32.9 Å². The molecule has 1 aromatic rings. The maximum absolute atomic E-state index is 12.3. The molecule has 1 fully saturated rings. The van der Waals surface area contributed by atoms with E-state index in [4.69, 9.17) is 0 Å². The summed E-state index contributed by atoms with van der Waals surface area (Å²) in [6.45, 7) is 8.68. The van der Waals surface area contributed by atoms with Crippen molar-refractivity contribution in [2.24, 2.45) is 5.41 Å². The summed E-state index contributed by atoms with van der Waals surface area (Å²) in [6.07, 6.45) is 1.46. The first-order valence-corrected chi connectivity index (χ1v) is 6.32. The number of nitrogens with one attached hydrogen (secondary N) is 1. The third-order valence-corrected chi connectivity index (χ3v) is 3.67. The number of aryl methyl sites for hydroxylation is 2. The molecule has 4 nitrogen and oxygen atoms in total. The topological polar surface area (TPSA) is 46.9 Å². The van der Waals surface area contributed by atoms with E-state index in [1.807, 2.05) is 17.7 Å². The van der Waals surface area contributed by atoms with Crippen molar-refractivity contribution in [2.45, 2.75) is 40.2 Å². The Morgan fingerprint density at radius 1 is 1.65 bits per heavy atom. The van der Waals surface area contributed by atoms with Crippen LogP contribution in [0.25, 0.3) is 0 Å². The van der Waals surface area contributed by atoms with E-state index < -0.39 is 0 Å². The number of ketones is 1. The molecule has 0 amide bonds. The van der Waals surface area contributed by atoms with Crippen LogP contribution in [0.3, 0.4) is 0 Å². The van der Waals surface area contributed by atoms with Crippen LogP contribution in [-0.4, -0.2) is 28.7 Å². The van der Waals surface area contributed by atoms with Crippen molar-refractivity contribution in [2.75, 3.05) is 13.1 Å². The molecule has 1 atom stereocenters. The fraction of sp³-hybridized carbons (Fsp3) is 0.692. The van der Waals surface area contributed by atoms with Crippen LogP contribution in [0.15, 0.2) is 6.07 Å². The minimum Gasteiger partial charge on any atom is -0.316 e. The quantitative estimate of drug-likeness (QED) is 0.856. The van der Waals surface area contributed by atoms with E-state index in [2.05, 4.69) is 24.3 Å². The lowest BCUT2D eigenvalue weighted by Gasteiger charge is -2.20. The molecule has 1 unspecified atom stereocenters. The summed E-state index contributed by atoms with van der Waals surface area (Å²) in [6, 6.07) is 2.02. The summed E-state index contributed by atoms with van der Waals surface area (Å²) >= 11 is 0. The molecule has 1 saturated heterocycles. The zero-order valence-electron chi connectivity index (χ0n) is 10.9. The molecule has 0 aliphatic carbocycles. The van der Waals surface area contributed by atoms with Crippen molar-refractivity contribution in [3.63, 3.8) is 0 Å². The molecule has 4 heteroatoms. The van der Waals surface area contributed by atoms with Gasteiger partial charge in [0.2, 0.25) is 0 Å². The van der Waals surface area contributed by atoms with Gasteiger partial charge in [0.15, 0.2) is 0 Å². The number of hydrogen-bond donors (Lipinski definition) is 1. The molecule has 0 bridgehead atoms. The highest BCUT2D eigenvalue weighted by atomic mass is 16.1. The molecule has 94 valence electrons. The highest BCUT2D eigenvalue weighted by molar-refractivity contribution is 5.86. The van der Waals surface area contributed by atoms with Crippen LogP contribution in [0.2, 0.25) is 0 Å². The molecule has 17 heavy (non-hydrogen) atoms. The second-order valence-corrected chi connectivity index (χ2v) is 5.18. The largest absolute Gasteiger partial charge is 0.316 e. The predicted octanol–water partition coefficient (Wildman–Crippen LogP) is 1.32. The van der Waals surface area contributed by atoms with Gasteiger partial charge in [-0.2, -0.15) is 5.10 Å². The summed E-state index contributed by atoms with van der Waals surface area (Å²) < 4.78 is 1.93. The molecule has 1 aliphatic heterocycles. The Kier molecular flexibility index (Phi) is 3.33. The average molecular weight is 235 g/mol. The third kappa shape index (κ3) is 2.41. The van der Waals surface area contributed by atoms with Crippen molar-refractivity contribution in [3.8, 4) is 0 Å². The van der Waals surface area contributed by atoms with Crippen LogP contribution < -0.4 is 5.32 Å². The lowest BCUT2D eigenvalue weighted by Crippen LogP contribution is -2.32. The van der Waals surface area contributed by atoms with E-state index >= 15 is 0 Å². The zero-order chi connectivity index (χ0) is 12.5. The molecule has 0 spiro atoms. The first kappa shape index (κ1) is 12.3. The van der Waals surface area contributed by atoms with Crippen molar-refractivity contribution in [1.82, 2.24) is 15.1 Å². The molecule has 1 N–H and O–H groups in total. The van der Waals surface area contributed by atoms with Crippen molar-refractivity contribution >= 4 is 5.78 Å². The predicted molar refractivity (Wildman–Crippen MR) is 66.9 cm³/mol. The van der Waals surface area contributed by atoms with Crippen LogP contribution >= 0.6 is 0 Å². The summed E-state index contributed by atoms with van der Waals surface area (Å²) in [4.78, 5) is 12.3. The molecular weight excluding hydrogens is 214 g/mol. The fourth-order valence-electron chi connectivity index (χ4n) is 2.45. The second kappa shape index (κ2) is 4.61. The van der Waals surface area contributed by atoms with Gasteiger partial charge in [-0.1, -0.05) is 6.92 Å². The third-order valence-electron chi connectivity index (χ3n) is 3.67. The Hall–Kier alpha value is -1.16. The van der Waals surface area contributed by atoms with Gasteiger partial charge >= 0.3 is 0 Å². The SMILES string of the molecule is CCn1nc(C)cc1CC(=O)C1(C)CCNC1. The van der Waals surface area contributed by atoms with Gasteiger partial charge in [0.05, 0.1) is 5.69 Å². The smallest absolute Gasteiger partial charge is 0.145 e. The van der Waals surface area contributed by atoms with Gasteiger partial charge in [0, 0.05) is 30.6 Å². The Labute approximate surface area is 102 Å². The van der Waals surface area contributed by atoms with E-state index in [0.717, 1.165) is 37.4 Å². The van der Waals surface area contributed by atoms with Crippen molar-refractivity contribution < 1.29 is 4.79 Å². The van der Waals surface area contributed by atoms with Crippen LogP contribution in [0.4, 0.5) is 0 Å². The lowest BCUT2D eigenvalue weighted by atomic mass is 9.83. The molecule has 0 radical (unpaired) electrons. The van der Waals surface area contributed by atoms with Gasteiger partial charge in [-0.15, -0.1) is 0 Å². The maximum atomic E-state index is 12.3. The average Bonchev–Trinajstić information content (AvgIpc) is 2.86. The van der Waals surface area contributed by atoms with E-state index in [0.29, 0.717) is 12.2 Å². The zero-order valence-corrected chi connectivity index (χ0v) is 10.9. The number of hydrogen-bond acceptors (Lipinski definition) is 3. The molecular formula is C13H21N3O. The normalized spacial score (nSPS) is 24.2. The number of aromatic nitrogens is 2. The van der Waals surface area contributed by atoms with Crippen LogP contribution in [-0.2, 0) is 17.8 Å². The summed E-state index contributed by atoms with van der Waals surface area (Å²) in [7, 11) is 0. The molecule has 2 rings (SSSR count). The molecule has 0 saturated carbocycles. The fourth-order valence-corrected chi connectivity index (χ4v) is 2.45. The van der Waals surface area contributed by atoms with Gasteiger partial charge in [0.1, 0.15) is 5.78 Å². The minimum absolute atomic E-state index is 0.184. The van der Waals surface area contributed by atoms with Crippen molar-refractivity contribution in [3.05, 3.63) is 17.5 Å². The minimum atomic E-state index is -0.184. The van der Waals surface area contributed by atoms with E-state index in [9.17, 15) is 4.79 Å². The standard InChI is InChI=1S/C13H21N3O/c1-4-16-11(7-10(2)15-16)8-12(17)13(3)5-6-14-9-13/h7,14H,4-6,8-9H2,1-3H3. The van der Waals surface area contributed by atoms with Crippen LogP contribution in [0.1, 0.15) is 31.7 Å². The number of rotatable bonds is 4. The first-order valence-electron chi connectivity index (χ1n) is 6.32. The van der Waals surface area contributed by atoms with Crippen LogP contribution in [0, 0.1) is 12.3 Å². The van der Waals surface area contributed by atoms with E-state index in [1.165, 1.54) is 0 Å². The Morgan fingerprint density at radius 2 is 2.41 bits per heavy atom. The van der Waals surface area contributed by atoms with Gasteiger partial charge in [-0.25, -0.2) is 0 Å². The maximum Gasteiger partial charge on any atom is 0.145 e. The Morgan fingerprint density at radius 3 is 3.00 bits per heavy atom. The molecule has 2 heterocycles. The Bertz CT molecular complexity index is 416. The number of Topliss-reactive ketones (excluding diaryl/α,β-unsaturated/α-hetero) is 1. The Balaban J connectivity index is 2.12. The van der Waals surface area contributed by atoms with E-state index in [1.54, 1.807) is 0 Å². The van der Waals surface area contributed by atoms with Crippen molar-refractivity contribution in [1.29, 1.82) is 0 Å². The molecule has 1 aliphatic rings. The summed E-state index contributed by atoms with van der Waals surface area (Å²) in [5.74, 6) is 0.331. The van der Waals surface area contributed by atoms with E-state index in [-0.39, 0.29) is 5.41 Å². The summed E-state index contributed by atoms with van der Waals surface area (Å²) in [5.41, 5.74) is 1.85. The monoisotopic (exact) mass is 235 g/mol. The second-order valence-electron chi connectivity index (χ2n) is 5.18. The molecule has 0 aromatic carbocycles. The van der Waals surface area contributed by atoms with Gasteiger partial charge in [-0.3, -0.25) is 9.48 Å². The summed E-state index contributed by atoms with van der Waals surface area (Å²) in [5, 5.41) is 7.65.